The zero-order chi connectivity index (χ0) is 12.3. The highest BCUT2D eigenvalue weighted by Gasteiger charge is 2.33. The van der Waals surface area contributed by atoms with Gasteiger partial charge in [0.1, 0.15) is 0 Å². The van der Waals surface area contributed by atoms with E-state index < -0.39 is 0 Å². The average Bonchev–Trinajstić information content (AvgIpc) is 2.26. The number of hydrogen-bond acceptors (Lipinski definition) is 1. The summed E-state index contributed by atoms with van der Waals surface area (Å²) in [5, 5.41) is 3.78. The monoisotopic (exact) mass is 231 g/mol. The first-order chi connectivity index (χ1) is 8.07. The molecular weight excluding hydrogens is 206 g/mol. The fourth-order valence-corrected chi connectivity index (χ4v) is 3.53. The fraction of sp³-hybridized carbons (Fsp3) is 0.625. The van der Waals surface area contributed by atoms with Crippen molar-refractivity contribution in [3.63, 3.8) is 0 Å². The largest absolute Gasteiger partial charge is 0.307 e. The van der Waals surface area contributed by atoms with Gasteiger partial charge in [-0.3, -0.25) is 0 Å². The van der Waals surface area contributed by atoms with Crippen LogP contribution in [0.2, 0.25) is 0 Å². The Morgan fingerprint density at radius 3 is 2.29 bits per heavy atom. The van der Waals surface area contributed by atoms with E-state index in [1.54, 1.807) is 0 Å². The molecule has 0 aliphatic heterocycles. The highest BCUT2D eigenvalue weighted by atomic mass is 15.0. The third kappa shape index (κ3) is 3.57. The molecule has 0 heterocycles. The Morgan fingerprint density at radius 1 is 1.12 bits per heavy atom. The van der Waals surface area contributed by atoms with Gasteiger partial charge in [-0.15, -0.1) is 0 Å². The third-order valence-electron chi connectivity index (χ3n) is 3.96. The van der Waals surface area contributed by atoms with Gasteiger partial charge in [0.15, 0.2) is 0 Å². The molecule has 0 amide bonds. The lowest BCUT2D eigenvalue weighted by Crippen LogP contribution is -2.47. The van der Waals surface area contributed by atoms with E-state index in [-0.39, 0.29) is 0 Å². The van der Waals surface area contributed by atoms with Gasteiger partial charge in [-0.2, -0.15) is 0 Å². The van der Waals surface area contributed by atoms with E-state index in [0.717, 1.165) is 18.4 Å². The lowest BCUT2D eigenvalue weighted by molar-refractivity contribution is 0.158. The molecule has 1 aliphatic rings. The zero-order valence-corrected chi connectivity index (χ0v) is 11.4. The van der Waals surface area contributed by atoms with Gasteiger partial charge in [-0.05, 0) is 43.6 Å². The molecule has 2 unspecified atom stereocenters. The molecule has 1 heteroatoms. The van der Waals surface area contributed by atoms with E-state index in [0.29, 0.717) is 5.54 Å². The van der Waals surface area contributed by atoms with Gasteiger partial charge in [0, 0.05) is 12.1 Å². The molecular formula is C16H25N. The summed E-state index contributed by atoms with van der Waals surface area (Å²) in [6.45, 7) is 8.16. The van der Waals surface area contributed by atoms with Crippen molar-refractivity contribution in [3.8, 4) is 0 Å². The van der Waals surface area contributed by atoms with Gasteiger partial charge in [0.25, 0.3) is 0 Å². The van der Waals surface area contributed by atoms with Crippen molar-refractivity contribution < 1.29 is 0 Å². The molecule has 1 aliphatic carbocycles. The molecule has 0 radical (unpaired) electrons. The van der Waals surface area contributed by atoms with Gasteiger partial charge in [-0.25, -0.2) is 0 Å². The van der Waals surface area contributed by atoms with E-state index >= 15 is 0 Å². The van der Waals surface area contributed by atoms with Crippen LogP contribution in [0.4, 0.5) is 0 Å². The van der Waals surface area contributed by atoms with Gasteiger partial charge >= 0.3 is 0 Å². The summed E-state index contributed by atoms with van der Waals surface area (Å²) in [5.41, 5.74) is 1.71. The Hall–Kier alpha value is -0.820. The predicted octanol–water partition coefficient (Wildman–Crippen LogP) is 3.99. The Morgan fingerprint density at radius 2 is 1.71 bits per heavy atom. The van der Waals surface area contributed by atoms with E-state index in [1.807, 2.05) is 0 Å². The minimum atomic E-state index is 0.326. The van der Waals surface area contributed by atoms with Crippen molar-refractivity contribution in [2.45, 2.75) is 52.1 Å². The first kappa shape index (κ1) is 12.6. The van der Waals surface area contributed by atoms with Gasteiger partial charge in [-0.1, -0.05) is 44.2 Å². The summed E-state index contributed by atoms with van der Waals surface area (Å²) in [6, 6.07) is 10.7. The van der Waals surface area contributed by atoms with Crippen molar-refractivity contribution in [2.24, 2.45) is 11.8 Å². The van der Waals surface area contributed by atoms with Gasteiger partial charge < -0.3 is 5.32 Å². The minimum absolute atomic E-state index is 0.326. The standard InChI is InChI=1S/C16H25N/c1-13-9-14(2)11-16(3,10-13)17-12-15-7-5-4-6-8-15/h4-8,13-14,17H,9-12H2,1-3H3. The number of benzene rings is 1. The van der Waals surface area contributed by atoms with Crippen LogP contribution in [0.1, 0.15) is 45.6 Å². The van der Waals surface area contributed by atoms with Crippen LogP contribution in [-0.4, -0.2) is 5.54 Å². The second-order valence-corrected chi connectivity index (χ2v) is 6.25. The zero-order valence-electron chi connectivity index (χ0n) is 11.4. The fourth-order valence-electron chi connectivity index (χ4n) is 3.53. The highest BCUT2D eigenvalue weighted by Crippen LogP contribution is 2.35. The molecule has 1 aromatic rings. The Kier molecular flexibility index (Phi) is 3.88. The topological polar surface area (TPSA) is 12.0 Å². The highest BCUT2D eigenvalue weighted by molar-refractivity contribution is 5.14. The predicted molar refractivity (Wildman–Crippen MR) is 73.9 cm³/mol. The van der Waals surface area contributed by atoms with Crippen LogP contribution < -0.4 is 5.32 Å². The molecule has 0 saturated heterocycles. The van der Waals surface area contributed by atoms with Crippen LogP contribution in [0.5, 0.6) is 0 Å². The number of hydrogen-bond donors (Lipinski definition) is 1. The van der Waals surface area contributed by atoms with Crippen LogP contribution in [0.25, 0.3) is 0 Å². The number of nitrogens with one attached hydrogen (secondary N) is 1. The molecule has 2 atom stereocenters. The molecule has 1 saturated carbocycles. The van der Waals surface area contributed by atoms with Crippen LogP contribution in [-0.2, 0) is 6.54 Å². The van der Waals surface area contributed by atoms with Crippen molar-refractivity contribution in [2.75, 3.05) is 0 Å². The number of rotatable bonds is 3. The summed E-state index contributed by atoms with van der Waals surface area (Å²) in [6.07, 6.45) is 4.01. The molecule has 1 aromatic carbocycles. The molecule has 17 heavy (non-hydrogen) atoms. The summed E-state index contributed by atoms with van der Waals surface area (Å²) < 4.78 is 0. The third-order valence-corrected chi connectivity index (χ3v) is 3.96. The quantitative estimate of drug-likeness (QED) is 0.829. The first-order valence-electron chi connectivity index (χ1n) is 6.86. The first-order valence-corrected chi connectivity index (χ1v) is 6.86. The maximum atomic E-state index is 3.78. The summed E-state index contributed by atoms with van der Waals surface area (Å²) in [4.78, 5) is 0. The van der Waals surface area contributed by atoms with Crippen molar-refractivity contribution in [1.29, 1.82) is 0 Å². The normalized spacial score (nSPS) is 33.6. The Balaban J connectivity index is 1.93. The SMILES string of the molecule is CC1CC(C)CC(C)(NCc2ccccc2)C1. The van der Waals surface area contributed by atoms with Crippen molar-refractivity contribution >= 4 is 0 Å². The van der Waals surface area contributed by atoms with Crippen molar-refractivity contribution in [3.05, 3.63) is 35.9 Å². The smallest absolute Gasteiger partial charge is 0.0210 e. The summed E-state index contributed by atoms with van der Waals surface area (Å²) >= 11 is 0. The summed E-state index contributed by atoms with van der Waals surface area (Å²) in [5.74, 6) is 1.71. The molecule has 1 fully saturated rings. The van der Waals surface area contributed by atoms with E-state index in [9.17, 15) is 0 Å². The van der Waals surface area contributed by atoms with Crippen LogP contribution in [0, 0.1) is 11.8 Å². The second kappa shape index (κ2) is 5.22. The van der Waals surface area contributed by atoms with Crippen LogP contribution >= 0.6 is 0 Å². The van der Waals surface area contributed by atoms with Gasteiger partial charge in [0.05, 0.1) is 0 Å². The molecule has 0 aromatic heterocycles. The molecule has 0 bridgehead atoms. The van der Waals surface area contributed by atoms with E-state index in [1.165, 1.54) is 24.8 Å². The Bertz CT molecular complexity index is 334. The lowest BCUT2D eigenvalue weighted by Gasteiger charge is -2.41. The molecule has 1 N–H and O–H groups in total. The molecule has 94 valence electrons. The van der Waals surface area contributed by atoms with Crippen LogP contribution in [0.3, 0.4) is 0 Å². The van der Waals surface area contributed by atoms with E-state index in [4.69, 9.17) is 0 Å². The van der Waals surface area contributed by atoms with Crippen molar-refractivity contribution in [1.82, 2.24) is 5.32 Å². The van der Waals surface area contributed by atoms with Crippen LogP contribution in [0.15, 0.2) is 30.3 Å². The lowest BCUT2D eigenvalue weighted by atomic mass is 9.72. The Labute approximate surface area is 106 Å². The maximum Gasteiger partial charge on any atom is 0.0210 e. The second-order valence-electron chi connectivity index (χ2n) is 6.25. The maximum absolute atomic E-state index is 3.78. The summed E-state index contributed by atoms with van der Waals surface area (Å²) in [7, 11) is 0. The molecule has 1 nitrogen and oxygen atoms in total. The molecule has 0 spiro atoms. The average molecular weight is 231 g/mol. The van der Waals surface area contributed by atoms with E-state index in [2.05, 4.69) is 56.4 Å². The van der Waals surface area contributed by atoms with Gasteiger partial charge in [0.2, 0.25) is 0 Å². The molecule has 2 rings (SSSR count). The minimum Gasteiger partial charge on any atom is -0.307 e.